The Morgan fingerprint density at radius 3 is 1.71 bits per heavy atom. The van der Waals surface area contributed by atoms with E-state index in [1.54, 1.807) is 0 Å². The molecule has 2 heteroatoms. The van der Waals surface area contributed by atoms with Crippen molar-refractivity contribution >= 4 is 11.6 Å². The van der Waals surface area contributed by atoms with Crippen molar-refractivity contribution in [1.29, 1.82) is 0 Å². The first-order valence-electron chi connectivity index (χ1n) is 13.7. The average molecular weight is 463 g/mol. The van der Waals surface area contributed by atoms with Crippen molar-refractivity contribution in [2.45, 2.75) is 118 Å². The summed E-state index contributed by atoms with van der Waals surface area (Å²) in [6.45, 7) is 15.5. The Kier molecular flexibility index (Phi) is 11.2. The standard InChI is InChI=1S/C32H46O2/c1-8-22-16-15-17-23(20-22)21-29(33)32(34)28-19-18-27(24(9-2)10-3)30(25(11-4)12-5)31(28)26(13-6)14-7/h15-20,24-26H,8-14,21H2,1-7H3. The summed E-state index contributed by atoms with van der Waals surface area (Å²) in [6, 6.07) is 12.2. The van der Waals surface area contributed by atoms with Gasteiger partial charge in [-0.05, 0) is 90.5 Å². The van der Waals surface area contributed by atoms with Gasteiger partial charge in [0.15, 0.2) is 0 Å². The molecule has 0 fully saturated rings. The van der Waals surface area contributed by atoms with Gasteiger partial charge in [0, 0.05) is 12.0 Å². The van der Waals surface area contributed by atoms with Crippen LogP contribution in [0, 0.1) is 0 Å². The molecule has 0 bridgehead atoms. The molecule has 0 amide bonds. The number of ketones is 2. The predicted molar refractivity (Wildman–Crippen MR) is 145 cm³/mol. The molecule has 0 spiro atoms. The number of hydrogen-bond donors (Lipinski definition) is 0. The topological polar surface area (TPSA) is 34.1 Å². The van der Waals surface area contributed by atoms with Gasteiger partial charge < -0.3 is 0 Å². The van der Waals surface area contributed by atoms with E-state index in [1.807, 2.05) is 18.2 Å². The van der Waals surface area contributed by atoms with Gasteiger partial charge in [-0.1, -0.05) is 84.9 Å². The molecule has 0 aliphatic carbocycles. The maximum Gasteiger partial charge on any atom is 0.229 e. The first-order valence-corrected chi connectivity index (χ1v) is 13.7. The molecule has 34 heavy (non-hydrogen) atoms. The molecule has 0 aliphatic rings. The lowest BCUT2D eigenvalue weighted by Gasteiger charge is -2.30. The van der Waals surface area contributed by atoms with Crippen molar-refractivity contribution in [3.05, 3.63) is 69.8 Å². The third-order valence-corrected chi connectivity index (χ3v) is 7.80. The van der Waals surface area contributed by atoms with Crippen molar-refractivity contribution < 1.29 is 9.59 Å². The Balaban J connectivity index is 2.66. The zero-order chi connectivity index (χ0) is 25.3. The van der Waals surface area contributed by atoms with Crippen molar-refractivity contribution in [2.24, 2.45) is 0 Å². The minimum absolute atomic E-state index is 0.170. The summed E-state index contributed by atoms with van der Waals surface area (Å²) in [4.78, 5) is 26.9. The highest BCUT2D eigenvalue weighted by molar-refractivity contribution is 6.44. The molecule has 0 aliphatic heterocycles. The zero-order valence-electron chi connectivity index (χ0n) is 22.7. The number of carbonyl (C=O) groups is 2. The van der Waals surface area contributed by atoms with Crippen LogP contribution < -0.4 is 0 Å². The maximum atomic E-state index is 13.7. The summed E-state index contributed by atoms with van der Waals surface area (Å²) in [5, 5.41) is 0. The molecule has 0 aromatic heterocycles. The van der Waals surface area contributed by atoms with E-state index >= 15 is 0 Å². The molecule has 0 N–H and O–H groups in total. The minimum Gasteiger partial charge on any atom is -0.290 e. The number of benzene rings is 2. The third kappa shape index (κ3) is 6.26. The van der Waals surface area contributed by atoms with Crippen LogP contribution in [0.15, 0.2) is 36.4 Å². The van der Waals surface area contributed by atoms with Gasteiger partial charge >= 0.3 is 0 Å². The third-order valence-electron chi connectivity index (χ3n) is 7.80. The summed E-state index contributed by atoms with van der Waals surface area (Å²) in [5.41, 5.74) is 6.72. The van der Waals surface area contributed by atoms with Crippen LogP contribution in [0.5, 0.6) is 0 Å². The molecule has 2 aromatic carbocycles. The first kappa shape index (κ1) is 28.0. The van der Waals surface area contributed by atoms with Crippen molar-refractivity contribution in [1.82, 2.24) is 0 Å². The number of hydrogen-bond acceptors (Lipinski definition) is 2. The normalized spacial score (nSPS) is 11.6. The molecule has 2 aromatic rings. The Labute approximate surface area is 208 Å². The maximum absolute atomic E-state index is 13.7. The molecule has 0 unspecified atom stereocenters. The molecule has 0 atom stereocenters. The average Bonchev–Trinajstić information content (AvgIpc) is 2.86. The van der Waals surface area contributed by atoms with E-state index in [9.17, 15) is 9.59 Å². The van der Waals surface area contributed by atoms with Crippen LogP contribution in [-0.4, -0.2) is 11.6 Å². The molecule has 2 nitrogen and oxygen atoms in total. The molecule has 0 heterocycles. The van der Waals surface area contributed by atoms with E-state index < -0.39 is 0 Å². The summed E-state index contributed by atoms with van der Waals surface area (Å²) >= 11 is 0. The number of Topliss-reactive ketones (excluding diaryl/α,β-unsaturated/α-hetero) is 2. The van der Waals surface area contributed by atoms with Crippen LogP contribution in [0.3, 0.4) is 0 Å². The summed E-state index contributed by atoms with van der Waals surface area (Å²) in [7, 11) is 0. The second-order valence-electron chi connectivity index (χ2n) is 9.67. The monoisotopic (exact) mass is 462 g/mol. The van der Waals surface area contributed by atoms with Gasteiger partial charge in [-0.2, -0.15) is 0 Å². The van der Waals surface area contributed by atoms with E-state index in [0.717, 1.165) is 50.5 Å². The number of aryl methyl sites for hydroxylation is 1. The highest BCUT2D eigenvalue weighted by atomic mass is 16.2. The zero-order valence-corrected chi connectivity index (χ0v) is 22.7. The second-order valence-corrected chi connectivity index (χ2v) is 9.67. The van der Waals surface area contributed by atoms with Crippen LogP contribution in [0.2, 0.25) is 0 Å². The summed E-state index contributed by atoms with van der Waals surface area (Å²) in [6.07, 6.45) is 7.32. The second kappa shape index (κ2) is 13.6. The lowest BCUT2D eigenvalue weighted by atomic mass is 9.73. The lowest BCUT2D eigenvalue weighted by Crippen LogP contribution is -2.22. The quantitative estimate of drug-likeness (QED) is 0.207. The summed E-state index contributed by atoms with van der Waals surface area (Å²) < 4.78 is 0. The van der Waals surface area contributed by atoms with Gasteiger partial charge in [0.2, 0.25) is 11.6 Å². The minimum atomic E-state index is -0.313. The molecule has 186 valence electrons. The van der Waals surface area contributed by atoms with Crippen LogP contribution in [0.25, 0.3) is 0 Å². The number of rotatable bonds is 14. The van der Waals surface area contributed by atoms with Crippen LogP contribution in [0.4, 0.5) is 0 Å². The van der Waals surface area contributed by atoms with E-state index in [1.165, 1.54) is 22.3 Å². The van der Waals surface area contributed by atoms with Crippen molar-refractivity contribution in [3.63, 3.8) is 0 Å². The predicted octanol–water partition coefficient (Wildman–Crippen LogP) is 8.95. The van der Waals surface area contributed by atoms with E-state index in [0.29, 0.717) is 23.3 Å². The Morgan fingerprint density at radius 2 is 1.18 bits per heavy atom. The van der Waals surface area contributed by atoms with E-state index in [-0.39, 0.29) is 18.0 Å². The van der Waals surface area contributed by atoms with Crippen LogP contribution >= 0.6 is 0 Å². The van der Waals surface area contributed by atoms with Gasteiger partial charge in [0.05, 0.1) is 0 Å². The van der Waals surface area contributed by atoms with Crippen molar-refractivity contribution in [2.75, 3.05) is 0 Å². The number of carbonyl (C=O) groups excluding carboxylic acids is 2. The Morgan fingerprint density at radius 1 is 0.647 bits per heavy atom. The molecule has 0 saturated carbocycles. The smallest absolute Gasteiger partial charge is 0.229 e. The molecular formula is C32H46O2. The van der Waals surface area contributed by atoms with Gasteiger partial charge in [-0.15, -0.1) is 0 Å². The highest BCUT2D eigenvalue weighted by Gasteiger charge is 2.30. The van der Waals surface area contributed by atoms with Crippen LogP contribution in [0.1, 0.15) is 143 Å². The highest BCUT2D eigenvalue weighted by Crippen LogP contribution is 2.42. The lowest BCUT2D eigenvalue weighted by molar-refractivity contribution is -0.114. The molecule has 0 radical (unpaired) electrons. The fourth-order valence-electron chi connectivity index (χ4n) is 5.60. The molecule has 2 rings (SSSR count). The Bertz CT molecular complexity index is 943. The fraction of sp³-hybridized carbons (Fsp3) is 0.562. The van der Waals surface area contributed by atoms with E-state index in [2.05, 4.69) is 66.7 Å². The van der Waals surface area contributed by atoms with E-state index in [4.69, 9.17) is 0 Å². The molecule has 0 saturated heterocycles. The Hall–Kier alpha value is -2.22. The first-order chi connectivity index (χ1) is 16.4. The van der Waals surface area contributed by atoms with Crippen LogP contribution in [-0.2, 0) is 17.6 Å². The summed E-state index contributed by atoms with van der Waals surface area (Å²) in [5.74, 6) is 0.578. The largest absolute Gasteiger partial charge is 0.290 e. The SMILES string of the molecule is CCc1cccc(CC(=O)C(=O)c2ccc(C(CC)CC)c(C(CC)CC)c2C(CC)CC)c1. The van der Waals surface area contributed by atoms with Gasteiger partial charge in [-0.25, -0.2) is 0 Å². The van der Waals surface area contributed by atoms with Crippen molar-refractivity contribution in [3.8, 4) is 0 Å². The van der Waals surface area contributed by atoms with Gasteiger partial charge in [-0.3, -0.25) is 9.59 Å². The van der Waals surface area contributed by atoms with Gasteiger partial charge in [0.25, 0.3) is 0 Å². The van der Waals surface area contributed by atoms with Gasteiger partial charge in [0.1, 0.15) is 0 Å². The fourth-order valence-corrected chi connectivity index (χ4v) is 5.60. The molecular weight excluding hydrogens is 416 g/mol.